The van der Waals surface area contributed by atoms with Crippen molar-refractivity contribution in [3.05, 3.63) is 28.8 Å². The summed E-state index contributed by atoms with van der Waals surface area (Å²) in [5.41, 5.74) is 0.158. The van der Waals surface area contributed by atoms with Crippen LogP contribution in [0.15, 0.2) is 18.2 Å². The lowest BCUT2D eigenvalue weighted by Gasteiger charge is -2.11. The number of hydrogen-bond acceptors (Lipinski definition) is 2. The molecule has 0 heterocycles. The van der Waals surface area contributed by atoms with Gasteiger partial charge >= 0.3 is 5.97 Å². The average molecular weight is 245 g/mol. The van der Waals surface area contributed by atoms with Crippen LogP contribution in [0.2, 0.25) is 5.02 Å². The van der Waals surface area contributed by atoms with Gasteiger partial charge in [-0.25, -0.2) is 4.79 Å². The van der Waals surface area contributed by atoms with E-state index in [1.165, 1.54) is 12.1 Å². The van der Waals surface area contributed by atoms with Gasteiger partial charge in [-0.1, -0.05) is 25.4 Å². The monoisotopic (exact) mass is 244 g/mol. The highest BCUT2D eigenvalue weighted by atomic mass is 35.5. The number of halogens is 1. The number of rotatable bonds is 3. The van der Waals surface area contributed by atoms with E-state index in [1.807, 2.05) is 27.7 Å². The van der Waals surface area contributed by atoms with E-state index >= 15 is 0 Å². The van der Waals surface area contributed by atoms with Crippen LogP contribution < -0.4 is 4.74 Å². The summed E-state index contributed by atoms with van der Waals surface area (Å²) in [5.74, 6) is -0.491. The average Bonchev–Trinajstić information content (AvgIpc) is 2.23. The molecule has 0 bridgehead atoms. The van der Waals surface area contributed by atoms with Crippen LogP contribution in [0.25, 0.3) is 0 Å². The smallest absolute Gasteiger partial charge is 0.335 e. The molecule has 3 nitrogen and oxygen atoms in total. The lowest BCUT2D eigenvalue weighted by molar-refractivity contribution is 0.0697. The van der Waals surface area contributed by atoms with E-state index in [4.69, 9.17) is 21.4 Å². The number of benzene rings is 1. The van der Waals surface area contributed by atoms with Crippen LogP contribution in [0.5, 0.6) is 5.75 Å². The topological polar surface area (TPSA) is 46.5 Å². The lowest BCUT2D eigenvalue weighted by atomic mass is 10.2. The molecule has 0 aliphatic rings. The minimum absolute atomic E-state index is 0.0168. The third kappa shape index (κ3) is 4.53. The van der Waals surface area contributed by atoms with E-state index in [9.17, 15) is 4.79 Å². The Morgan fingerprint density at radius 3 is 2.31 bits per heavy atom. The summed E-state index contributed by atoms with van der Waals surface area (Å²) in [6, 6.07) is 4.40. The highest BCUT2D eigenvalue weighted by Gasteiger charge is 2.08. The molecule has 1 rings (SSSR count). The molecule has 0 aliphatic carbocycles. The fraction of sp³-hybridized carbons (Fsp3) is 0.417. The number of ether oxygens (including phenoxy) is 1. The molecule has 0 fully saturated rings. The van der Waals surface area contributed by atoms with Crippen molar-refractivity contribution in [2.24, 2.45) is 0 Å². The van der Waals surface area contributed by atoms with Crippen LogP contribution >= 0.6 is 11.6 Å². The summed E-state index contributed by atoms with van der Waals surface area (Å²) in [7, 11) is 0. The second-order valence-electron chi connectivity index (χ2n) is 3.12. The Hall–Kier alpha value is -1.22. The van der Waals surface area contributed by atoms with Gasteiger partial charge in [0.05, 0.1) is 16.7 Å². The van der Waals surface area contributed by atoms with E-state index in [2.05, 4.69) is 0 Å². The zero-order valence-electron chi connectivity index (χ0n) is 9.95. The molecule has 1 aromatic carbocycles. The summed E-state index contributed by atoms with van der Waals surface area (Å²) in [6.07, 6.45) is 0.0168. The summed E-state index contributed by atoms with van der Waals surface area (Å²) >= 11 is 5.83. The molecule has 0 aliphatic heterocycles. The van der Waals surface area contributed by atoms with Crippen molar-refractivity contribution in [1.29, 1.82) is 0 Å². The Morgan fingerprint density at radius 2 is 1.94 bits per heavy atom. The van der Waals surface area contributed by atoms with Gasteiger partial charge in [-0.05, 0) is 32.0 Å². The van der Waals surface area contributed by atoms with Crippen molar-refractivity contribution in [2.45, 2.75) is 33.8 Å². The van der Waals surface area contributed by atoms with Crippen LogP contribution in [0.1, 0.15) is 38.1 Å². The highest BCUT2D eigenvalue weighted by Crippen LogP contribution is 2.26. The Labute approximate surface area is 101 Å². The first-order valence-electron chi connectivity index (χ1n) is 5.20. The predicted octanol–water partition coefficient (Wildman–Crippen LogP) is 3.85. The molecule has 0 saturated heterocycles. The summed E-state index contributed by atoms with van der Waals surface area (Å²) < 4.78 is 5.35. The quantitative estimate of drug-likeness (QED) is 0.879. The van der Waals surface area contributed by atoms with Crippen molar-refractivity contribution < 1.29 is 14.6 Å². The molecule has 16 heavy (non-hydrogen) atoms. The first-order valence-corrected chi connectivity index (χ1v) is 5.58. The Bertz CT molecular complexity index is 348. The van der Waals surface area contributed by atoms with E-state index in [0.29, 0.717) is 10.8 Å². The van der Waals surface area contributed by atoms with Gasteiger partial charge in [0.2, 0.25) is 0 Å². The Balaban J connectivity index is 0.00000106. The fourth-order valence-electron chi connectivity index (χ4n) is 0.983. The van der Waals surface area contributed by atoms with E-state index < -0.39 is 5.97 Å². The van der Waals surface area contributed by atoms with Gasteiger partial charge in [-0.3, -0.25) is 0 Å². The van der Waals surface area contributed by atoms with Gasteiger partial charge in [-0.15, -0.1) is 0 Å². The van der Waals surface area contributed by atoms with Gasteiger partial charge < -0.3 is 9.84 Å². The third-order valence-corrected chi connectivity index (χ3v) is 1.84. The zero-order chi connectivity index (χ0) is 12.7. The minimum atomic E-state index is -0.997. The van der Waals surface area contributed by atoms with Crippen molar-refractivity contribution in [3.8, 4) is 5.75 Å². The molecular weight excluding hydrogens is 228 g/mol. The largest absolute Gasteiger partial charge is 0.489 e. The highest BCUT2D eigenvalue weighted by molar-refractivity contribution is 6.32. The number of carboxylic acid groups (broad SMARTS) is 1. The maximum Gasteiger partial charge on any atom is 0.335 e. The lowest BCUT2D eigenvalue weighted by Crippen LogP contribution is -2.06. The third-order valence-electron chi connectivity index (χ3n) is 1.54. The van der Waals surface area contributed by atoms with Crippen molar-refractivity contribution >= 4 is 17.6 Å². The van der Waals surface area contributed by atoms with Crippen LogP contribution in [0.4, 0.5) is 0 Å². The van der Waals surface area contributed by atoms with E-state index in [-0.39, 0.29) is 11.7 Å². The van der Waals surface area contributed by atoms with Crippen molar-refractivity contribution in [2.75, 3.05) is 0 Å². The predicted molar refractivity (Wildman–Crippen MR) is 65.5 cm³/mol. The van der Waals surface area contributed by atoms with Crippen LogP contribution in [0, 0.1) is 0 Å². The van der Waals surface area contributed by atoms with Crippen LogP contribution in [0.3, 0.4) is 0 Å². The first kappa shape index (κ1) is 14.8. The first-order chi connectivity index (χ1) is 7.50. The molecule has 0 atom stereocenters. The minimum Gasteiger partial charge on any atom is -0.489 e. The molecule has 0 amide bonds. The number of aromatic carboxylic acids is 1. The second kappa shape index (κ2) is 7.12. The van der Waals surface area contributed by atoms with Gasteiger partial charge in [0.25, 0.3) is 0 Å². The molecule has 1 N–H and O–H groups in total. The SMILES string of the molecule is CC.CC(C)Oc1ccc(C(=O)O)cc1Cl. The molecular formula is C12H17ClO3. The van der Waals surface area contributed by atoms with Crippen LogP contribution in [-0.2, 0) is 0 Å². The molecule has 4 heteroatoms. The fourth-order valence-corrected chi connectivity index (χ4v) is 1.21. The maximum absolute atomic E-state index is 10.6. The summed E-state index contributed by atoms with van der Waals surface area (Å²) in [6.45, 7) is 7.75. The van der Waals surface area contributed by atoms with Gasteiger partial charge in [0, 0.05) is 0 Å². The van der Waals surface area contributed by atoms with Crippen molar-refractivity contribution in [3.63, 3.8) is 0 Å². The number of carbonyl (C=O) groups is 1. The van der Waals surface area contributed by atoms with Gasteiger partial charge in [-0.2, -0.15) is 0 Å². The maximum atomic E-state index is 10.6. The van der Waals surface area contributed by atoms with Crippen LogP contribution in [-0.4, -0.2) is 17.2 Å². The molecule has 90 valence electrons. The Morgan fingerprint density at radius 1 is 1.38 bits per heavy atom. The molecule has 0 spiro atoms. The standard InChI is InChI=1S/C10H11ClO3.C2H6/c1-6(2)14-9-4-3-7(10(12)13)5-8(9)11;1-2/h3-6H,1-2H3,(H,12,13);1-2H3. The molecule has 0 saturated carbocycles. The molecule has 0 radical (unpaired) electrons. The van der Waals surface area contributed by atoms with E-state index in [0.717, 1.165) is 0 Å². The Kier molecular flexibility index (Phi) is 6.58. The molecule has 0 unspecified atom stereocenters. The zero-order valence-corrected chi connectivity index (χ0v) is 10.7. The van der Waals surface area contributed by atoms with Crippen molar-refractivity contribution in [1.82, 2.24) is 0 Å². The summed E-state index contributed by atoms with van der Waals surface area (Å²) in [5, 5.41) is 9.00. The summed E-state index contributed by atoms with van der Waals surface area (Å²) in [4.78, 5) is 10.6. The molecule has 0 aromatic heterocycles. The second-order valence-corrected chi connectivity index (χ2v) is 3.52. The molecule has 1 aromatic rings. The number of carboxylic acids is 1. The normalized spacial score (nSPS) is 9.38. The van der Waals surface area contributed by atoms with Gasteiger partial charge in [0.1, 0.15) is 5.75 Å². The number of hydrogen-bond donors (Lipinski definition) is 1. The van der Waals surface area contributed by atoms with Gasteiger partial charge in [0.15, 0.2) is 0 Å². The van der Waals surface area contributed by atoms with E-state index in [1.54, 1.807) is 6.07 Å².